The van der Waals surface area contributed by atoms with Crippen LogP contribution in [0, 0.1) is 0 Å². The quantitative estimate of drug-likeness (QED) is 0.593. The first-order valence-electron chi connectivity index (χ1n) is 9.65. The summed E-state index contributed by atoms with van der Waals surface area (Å²) < 4.78 is 61.9. The zero-order valence-electron chi connectivity index (χ0n) is 16.9. The van der Waals surface area contributed by atoms with Gasteiger partial charge in [0.15, 0.2) is 0 Å². The highest BCUT2D eigenvalue weighted by molar-refractivity contribution is 5.85. The second-order valence-electron chi connectivity index (χ2n) is 6.99. The number of benzene rings is 2. The number of carbonyl (C=O) groups excluding carboxylic acids is 1. The van der Waals surface area contributed by atoms with Gasteiger partial charge in [0.05, 0.1) is 31.3 Å². The van der Waals surface area contributed by atoms with E-state index in [0.29, 0.717) is 32.1 Å². The summed E-state index contributed by atoms with van der Waals surface area (Å²) in [5.41, 5.74) is -1.76. The molecule has 1 aliphatic heterocycles. The van der Waals surface area contributed by atoms with Crippen molar-refractivity contribution in [2.45, 2.75) is 6.18 Å². The number of nitrogens with zero attached hydrogens (tertiary/aromatic N) is 1. The Balaban J connectivity index is 1.77. The van der Waals surface area contributed by atoms with E-state index in [1.54, 1.807) is 0 Å². The van der Waals surface area contributed by atoms with Crippen molar-refractivity contribution in [1.82, 2.24) is 4.90 Å². The maximum atomic E-state index is 13.8. The Hall–Kier alpha value is -3.53. The molecule has 168 valence electrons. The van der Waals surface area contributed by atoms with E-state index in [-0.39, 0.29) is 22.3 Å². The Morgan fingerprint density at radius 2 is 1.69 bits per heavy atom. The minimum atomic E-state index is -4.93. The Morgan fingerprint density at radius 1 is 1.03 bits per heavy atom. The van der Waals surface area contributed by atoms with Gasteiger partial charge < -0.3 is 23.5 Å². The summed E-state index contributed by atoms with van der Waals surface area (Å²) in [6.07, 6.45) is -5.59. The third kappa shape index (κ3) is 4.26. The molecule has 0 bridgehead atoms. The van der Waals surface area contributed by atoms with Crippen LogP contribution in [-0.4, -0.2) is 44.4 Å². The number of alkyl halides is 3. The van der Waals surface area contributed by atoms with Crippen molar-refractivity contribution in [2.24, 2.45) is 0 Å². The SMILES string of the molecule is COc1ccc(-c2c(C(F)(F)F)oc3cc(OC(=O)N4CCOCC4)ccc3c2=O)cc1. The van der Waals surface area contributed by atoms with Gasteiger partial charge in [-0.1, -0.05) is 12.1 Å². The Labute approximate surface area is 179 Å². The van der Waals surface area contributed by atoms with Crippen molar-refractivity contribution in [3.8, 4) is 22.6 Å². The number of rotatable bonds is 3. The highest BCUT2D eigenvalue weighted by atomic mass is 19.4. The largest absolute Gasteiger partial charge is 0.497 e. The number of amides is 1. The lowest BCUT2D eigenvalue weighted by molar-refractivity contribution is -0.152. The molecule has 32 heavy (non-hydrogen) atoms. The third-order valence-corrected chi connectivity index (χ3v) is 4.97. The lowest BCUT2D eigenvalue weighted by Crippen LogP contribution is -2.42. The highest BCUT2D eigenvalue weighted by Crippen LogP contribution is 2.38. The molecule has 0 saturated carbocycles. The van der Waals surface area contributed by atoms with E-state index in [9.17, 15) is 22.8 Å². The van der Waals surface area contributed by atoms with Crippen LogP contribution in [0.3, 0.4) is 0 Å². The summed E-state index contributed by atoms with van der Waals surface area (Å²) in [7, 11) is 1.42. The number of ether oxygens (including phenoxy) is 3. The second-order valence-corrected chi connectivity index (χ2v) is 6.99. The molecule has 0 N–H and O–H groups in total. The van der Waals surface area contributed by atoms with Crippen LogP contribution in [0.5, 0.6) is 11.5 Å². The predicted octanol–water partition coefficient (Wildman–Crippen LogP) is 4.32. The first kappa shape index (κ1) is 21.7. The average Bonchev–Trinajstić information content (AvgIpc) is 2.79. The number of hydrogen-bond donors (Lipinski definition) is 0. The summed E-state index contributed by atoms with van der Waals surface area (Å²) >= 11 is 0. The molecule has 3 aromatic rings. The molecule has 1 amide bonds. The molecule has 0 radical (unpaired) electrons. The molecule has 2 aromatic carbocycles. The van der Waals surface area contributed by atoms with Gasteiger partial charge in [-0.15, -0.1) is 0 Å². The predicted molar refractivity (Wildman–Crippen MR) is 108 cm³/mol. The second kappa shape index (κ2) is 8.54. The lowest BCUT2D eigenvalue weighted by atomic mass is 10.0. The van der Waals surface area contributed by atoms with Gasteiger partial charge in [-0.2, -0.15) is 13.2 Å². The maximum absolute atomic E-state index is 13.8. The number of fused-ring (bicyclic) bond motifs is 1. The van der Waals surface area contributed by atoms with Gasteiger partial charge >= 0.3 is 12.3 Å². The van der Waals surface area contributed by atoms with Gasteiger partial charge in [-0.25, -0.2) is 4.79 Å². The number of hydrogen-bond acceptors (Lipinski definition) is 6. The summed E-state index contributed by atoms with van der Waals surface area (Å²) in [5.74, 6) is -1.04. The molecule has 1 fully saturated rings. The van der Waals surface area contributed by atoms with Gasteiger partial charge in [0, 0.05) is 19.2 Å². The van der Waals surface area contributed by atoms with Crippen LogP contribution in [0.4, 0.5) is 18.0 Å². The van der Waals surface area contributed by atoms with E-state index >= 15 is 0 Å². The number of halogens is 3. The van der Waals surface area contributed by atoms with Gasteiger partial charge in [-0.3, -0.25) is 4.79 Å². The molecule has 0 atom stereocenters. The topological polar surface area (TPSA) is 78.2 Å². The fraction of sp³-hybridized carbons (Fsp3) is 0.273. The van der Waals surface area contributed by atoms with Crippen LogP contribution in [0.15, 0.2) is 51.7 Å². The first-order chi connectivity index (χ1) is 15.3. The van der Waals surface area contributed by atoms with Crippen LogP contribution >= 0.6 is 0 Å². The number of morpholine rings is 1. The van der Waals surface area contributed by atoms with E-state index in [4.69, 9.17) is 18.6 Å². The van der Waals surface area contributed by atoms with E-state index in [2.05, 4.69) is 0 Å². The highest BCUT2D eigenvalue weighted by Gasteiger charge is 2.39. The zero-order chi connectivity index (χ0) is 22.9. The van der Waals surface area contributed by atoms with E-state index < -0.39 is 29.0 Å². The molecule has 10 heteroatoms. The molecular formula is C22H18F3NO6. The molecule has 0 unspecified atom stereocenters. The van der Waals surface area contributed by atoms with Crippen molar-refractivity contribution in [1.29, 1.82) is 0 Å². The van der Waals surface area contributed by atoms with Crippen molar-refractivity contribution in [3.05, 3.63) is 58.4 Å². The first-order valence-corrected chi connectivity index (χ1v) is 9.65. The summed E-state index contributed by atoms with van der Waals surface area (Å²) in [6, 6.07) is 9.32. The van der Waals surface area contributed by atoms with E-state index in [1.807, 2.05) is 0 Å². The number of methoxy groups -OCH3 is 1. The van der Waals surface area contributed by atoms with Crippen molar-refractivity contribution in [2.75, 3.05) is 33.4 Å². The molecule has 7 nitrogen and oxygen atoms in total. The molecule has 0 aliphatic carbocycles. The maximum Gasteiger partial charge on any atom is 0.450 e. The molecule has 1 saturated heterocycles. The average molecular weight is 449 g/mol. The Bertz CT molecular complexity index is 1200. The molecule has 0 spiro atoms. The van der Waals surface area contributed by atoms with Crippen LogP contribution < -0.4 is 14.9 Å². The van der Waals surface area contributed by atoms with Gasteiger partial charge in [0.1, 0.15) is 17.1 Å². The molecule has 1 aromatic heterocycles. The van der Waals surface area contributed by atoms with Gasteiger partial charge in [-0.05, 0) is 29.8 Å². The monoisotopic (exact) mass is 449 g/mol. The summed E-state index contributed by atoms with van der Waals surface area (Å²) in [5, 5.41) is -0.0741. The van der Waals surface area contributed by atoms with Gasteiger partial charge in [0.25, 0.3) is 0 Å². The smallest absolute Gasteiger partial charge is 0.450 e. The standard InChI is InChI=1S/C22H18F3NO6/c1-29-14-4-2-13(3-5-14)18-19(27)16-7-6-15(12-17(16)32-20(18)22(23,24)25)31-21(28)26-8-10-30-11-9-26/h2-7,12H,8-11H2,1H3. The normalized spacial score (nSPS) is 14.4. The molecular weight excluding hydrogens is 431 g/mol. The van der Waals surface area contributed by atoms with Crippen LogP contribution in [0.25, 0.3) is 22.1 Å². The van der Waals surface area contributed by atoms with Crippen molar-refractivity contribution < 1.29 is 36.6 Å². The van der Waals surface area contributed by atoms with Crippen LogP contribution in [-0.2, 0) is 10.9 Å². The van der Waals surface area contributed by atoms with E-state index in [1.165, 1.54) is 48.4 Å². The van der Waals surface area contributed by atoms with E-state index in [0.717, 1.165) is 6.07 Å². The third-order valence-electron chi connectivity index (χ3n) is 4.97. The minimum absolute atomic E-state index is 0.0385. The molecule has 1 aliphatic rings. The van der Waals surface area contributed by atoms with Gasteiger partial charge in [0.2, 0.25) is 11.2 Å². The van der Waals surface area contributed by atoms with Crippen LogP contribution in [0.2, 0.25) is 0 Å². The Kier molecular flexibility index (Phi) is 5.79. The Morgan fingerprint density at radius 3 is 2.31 bits per heavy atom. The minimum Gasteiger partial charge on any atom is -0.497 e. The zero-order valence-corrected chi connectivity index (χ0v) is 16.9. The molecule has 2 heterocycles. The lowest BCUT2D eigenvalue weighted by Gasteiger charge is -2.25. The fourth-order valence-corrected chi connectivity index (χ4v) is 3.37. The van der Waals surface area contributed by atoms with Crippen molar-refractivity contribution in [3.63, 3.8) is 0 Å². The van der Waals surface area contributed by atoms with Crippen molar-refractivity contribution >= 4 is 17.1 Å². The van der Waals surface area contributed by atoms with Crippen LogP contribution in [0.1, 0.15) is 5.76 Å². The fourth-order valence-electron chi connectivity index (χ4n) is 3.37. The number of carbonyl (C=O) groups is 1. The molecule has 4 rings (SSSR count). The summed E-state index contributed by atoms with van der Waals surface area (Å²) in [4.78, 5) is 26.7. The summed E-state index contributed by atoms with van der Waals surface area (Å²) in [6.45, 7) is 1.41.